The molecular formula is C28H30N2O9. The van der Waals surface area contributed by atoms with Gasteiger partial charge in [-0.05, 0) is 49.2 Å². The first-order chi connectivity index (χ1) is 18.9. The average molecular weight is 539 g/mol. The fourth-order valence-electron chi connectivity index (χ4n) is 4.30. The predicted octanol–water partition coefficient (Wildman–Crippen LogP) is 3.23. The van der Waals surface area contributed by atoms with Gasteiger partial charge in [-0.3, -0.25) is 9.59 Å². The molecule has 0 radical (unpaired) electrons. The Bertz CT molecular complexity index is 1420. The average Bonchev–Trinajstić information content (AvgIpc) is 3.40. The van der Waals surface area contributed by atoms with Crippen LogP contribution in [0, 0.1) is 0 Å². The number of hydrogen-bond donors (Lipinski definition) is 3. The van der Waals surface area contributed by atoms with E-state index in [1.807, 2.05) is 6.92 Å². The first kappa shape index (κ1) is 27.4. The first-order valence-electron chi connectivity index (χ1n) is 12.4. The van der Waals surface area contributed by atoms with Gasteiger partial charge in [0.1, 0.15) is 11.3 Å². The van der Waals surface area contributed by atoms with Gasteiger partial charge >= 0.3 is 5.97 Å². The zero-order valence-corrected chi connectivity index (χ0v) is 21.9. The van der Waals surface area contributed by atoms with Gasteiger partial charge < -0.3 is 39.1 Å². The summed E-state index contributed by atoms with van der Waals surface area (Å²) in [6.45, 7) is 4.24. The van der Waals surface area contributed by atoms with E-state index in [-0.39, 0.29) is 37.5 Å². The van der Waals surface area contributed by atoms with Gasteiger partial charge in [-0.2, -0.15) is 0 Å². The standard InChI is InChI=1S/C28H30N2O9/c1-4-36-22-10-16(6-8-20(22)35-3)13-29-24(31)12-18(17-7-9-21-23(11-17)39-15-38-21)25-26(32)19(14-30-27(25)33)28(34)37-5-2/h6-11,14,18H,4-5,12-13,15H2,1-3H3,(H,29,31)(H2,30,32,33)/t18-/m0/s1. The number of amides is 1. The number of aromatic nitrogens is 1. The summed E-state index contributed by atoms with van der Waals surface area (Å²) in [6.07, 6.45) is 0.882. The number of methoxy groups -OCH3 is 1. The Morgan fingerprint density at radius 1 is 1.08 bits per heavy atom. The molecular weight excluding hydrogens is 508 g/mol. The number of carbonyl (C=O) groups excluding carboxylic acids is 2. The van der Waals surface area contributed by atoms with Gasteiger partial charge in [0.25, 0.3) is 5.56 Å². The Labute approximate surface area is 224 Å². The lowest BCUT2D eigenvalue weighted by Crippen LogP contribution is -2.27. The number of ether oxygens (including phenoxy) is 5. The molecule has 11 nitrogen and oxygen atoms in total. The molecule has 1 aliphatic rings. The fourth-order valence-corrected chi connectivity index (χ4v) is 4.30. The Balaban J connectivity index is 1.64. The van der Waals surface area contributed by atoms with Crippen molar-refractivity contribution in [2.45, 2.75) is 32.7 Å². The number of pyridine rings is 1. The lowest BCUT2D eigenvalue weighted by Gasteiger charge is -2.20. The van der Waals surface area contributed by atoms with Crippen LogP contribution in [0.2, 0.25) is 0 Å². The number of benzene rings is 2. The molecule has 1 aliphatic heterocycles. The van der Waals surface area contributed by atoms with Crippen molar-refractivity contribution in [3.05, 3.63) is 75.2 Å². The summed E-state index contributed by atoms with van der Waals surface area (Å²) in [4.78, 5) is 41.0. The number of fused-ring (bicyclic) bond motifs is 1. The van der Waals surface area contributed by atoms with Crippen LogP contribution in [0.15, 0.2) is 47.4 Å². The van der Waals surface area contributed by atoms with Crippen LogP contribution in [0.3, 0.4) is 0 Å². The highest BCUT2D eigenvalue weighted by Crippen LogP contribution is 2.39. The molecule has 0 saturated heterocycles. The van der Waals surface area contributed by atoms with E-state index in [1.54, 1.807) is 50.4 Å². The maximum absolute atomic E-state index is 13.2. The summed E-state index contributed by atoms with van der Waals surface area (Å²) < 4.78 is 26.8. The smallest absolute Gasteiger partial charge is 0.343 e. The zero-order chi connectivity index (χ0) is 27.9. The lowest BCUT2D eigenvalue weighted by molar-refractivity contribution is -0.121. The third kappa shape index (κ3) is 6.08. The highest BCUT2D eigenvalue weighted by Gasteiger charge is 2.29. The minimum atomic E-state index is -0.924. The van der Waals surface area contributed by atoms with E-state index in [9.17, 15) is 19.5 Å². The molecule has 3 N–H and O–H groups in total. The maximum atomic E-state index is 13.2. The van der Waals surface area contributed by atoms with Crippen LogP contribution in [-0.4, -0.2) is 49.1 Å². The third-order valence-corrected chi connectivity index (χ3v) is 6.15. The molecule has 206 valence electrons. The molecule has 1 amide bonds. The zero-order valence-electron chi connectivity index (χ0n) is 21.9. The summed E-state index contributed by atoms with van der Waals surface area (Å²) >= 11 is 0. The van der Waals surface area contributed by atoms with Crippen LogP contribution in [0.4, 0.5) is 0 Å². The number of carbonyl (C=O) groups is 2. The Hall–Kier alpha value is -4.67. The van der Waals surface area contributed by atoms with E-state index >= 15 is 0 Å². The van der Waals surface area contributed by atoms with Crippen LogP contribution in [0.25, 0.3) is 0 Å². The first-order valence-corrected chi connectivity index (χ1v) is 12.4. The van der Waals surface area contributed by atoms with Crippen molar-refractivity contribution < 1.29 is 38.4 Å². The number of aromatic amines is 1. The quantitative estimate of drug-likeness (QED) is 0.313. The SMILES string of the molecule is CCOC(=O)c1c[nH]c(=O)c([C@@H](CC(=O)NCc2ccc(OC)c(OCC)c2)c2ccc3c(c2)OCO3)c1O. The second kappa shape index (κ2) is 12.2. The third-order valence-electron chi connectivity index (χ3n) is 6.15. The molecule has 0 aliphatic carbocycles. The number of hydrogen-bond acceptors (Lipinski definition) is 9. The van der Waals surface area contributed by atoms with Crippen LogP contribution >= 0.6 is 0 Å². The van der Waals surface area contributed by atoms with Crippen LogP contribution < -0.4 is 29.8 Å². The molecule has 39 heavy (non-hydrogen) atoms. The van der Waals surface area contributed by atoms with E-state index < -0.39 is 29.1 Å². The molecule has 2 heterocycles. The van der Waals surface area contributed by atoms with Gasteiger partial charge in [-0.15, -0.1) is 0 Å². The highest BCUT2D eigenvalue weighted by atomic mass is 16.7. The molecule has 2 aromatic carbocycles. The fraction of sp³-hybridized carbons (Fsp3) is 0.321. The van der Waals surface area contributed by atoms with E-state index in [0.29, 0.717) is 35.2 Å². The largest absolute Gasteiger partial charge is 0.506 e. The van der Waals surface area contributed by atoms with E-state index in [1.165, 1.54) is 0 Å². The van der Waals surface area contributed by atoms with Gasteiger partial charge in [0, 0.05) is 25.1 Å². The van der Waals surface area contributed by atoms with Gasteiger partial charge in [-0.1, -0.05) is 12.1 Å². The van der Waals surface area contributed by atoms with Gasteiger partial charge in [0.2, 0.25) is 12.7 Å². The number of aromatic hydroxyl groups is 1. The Morgan fingerprint density at radius 3 is 2.62 bits per heavy atom. The van der Waals surface area contributed by atoms with Crippen molar-refractivity contribution >= 4 is 11.9 Å². The predicted molar refractivity (Wildman–Crippen MR) is 140 cm³/mol. The molecule has 4 rings (SSSR count). The molecule has 0 fully saturated rings. The molecule has 0 unspecified atom stereocenters. The minimum Gasteiger partial charge on any atom is -0.506 e. The second-order valence-electron chi connectivity index (χ2n) is 8.58. The molecule has 0 saturated carbocycles. The molecule has 11 heteroatoms. The summed E-state index contributed by atoms with van der Waals surface area (Å²) in [5.41, 5.74) is 0.293. The Morgan fingerprint density at radius 2 is 1.87 bits per heavy atom. The monoisotopic (exact) mass is 538 g/mol. The minimum absolute atomic E-state index is 0.0414. The van der Waals surface area contributed by atoms with Crippen LogP contribution in [-0.2, 0) is 16.1 Å². The van der Waals surface area contributed by atoms with Crippen LogP contribution in [0.1, 0.15) is 53.2 Å². The number of esters is 1. The van der Waals surface area contributed by atoms with E-state index in [4.69, 9.17) is 23.7 Å². The van der Waals surface area contributed by atoms with Crippen molar-refractivity contribution in [2.75, 3.05) is 27.1 Å². The van der Waals surface area contributed by atoms with Crippen molar-refractivity contribution in [1.29, 1.82) is 0 Å². The van der Waals surface area contributed by atoms with Crippen LogP contribution in [0.5, 0.6) is 28.7 Å². The van der Waals surface area contributed by atoms with E-state index in [0.717, 1.165) is 11.8 Å². The second-order valence-corrected chi connectivity index (χ2v) is 8.58. The number of rotatable bonds is 11. The van der Waals surface area contributed by atoms with Gasteiger partial charge in [-0.25, -0.2) is 4.79 Å². The van der Waals surface area contributed by atoms with E-state index in [2.05, 4.69) is 10.3 Å². The van der Waals surface area contributed by atoms with Crippen molar-refractivity contribution in [3.8, 4) is 28.7 Å². The summed E-state index contributed by atoms with van der Waals surface area (Å²) in [5.74, 6) is -0.584. The van der Waals surface area contributed by atoms with Crippen molar-refractivity contribution in [3.63, 3.8) is 0 Å². The normalized spacial score (nSPS) is 12.5. The molecule has 1 atom stereocenters. The van der Waals surface area contributed by atoms with Crippen molar-refractivity contribution in [1.82, 2.24) is 10.3 Å². The van der Waals surface area contributed by atoms with Crippen molar-refractivity contribution in [2.24, 2.45) is 0 Å². The lowest BCUT2D eigenvalue weighted by atomic mass is 9.87. The Kier molecular flexibility index (Phi) is 8.60. The summed E-state index contributed by atoms with van der Waals surface area (Å²) in [6, 6.07) is 10.3. The number of H-pyrrole nitrogens is 1. The molecule has 3 aromatic rings. The maximum Gasteiger partial charge on any atom is 0.343 e. The molecule has 0 spiro atoms. The van der Waals surface area contributed by atoms with Gasteiger partial charge in [0.15, 0.2) is 23.0 Å². The van der Waals surface area contributed by atoms with Gasteiger partial charge in [0.05, 0.1) is 25.9 Å². The summed E-state index contributed by atoms with van der Waals surface area (Å²) in [7, 11) is 1.55. The topological polar surface area (TPSA) is 145 Å². The molecule has 1 aromatic heterocycles. The number of nitrogens with one attached hydrogen (secondary N) is 2. The molecule has 0 bridgehead atoms. The highest BCUT2D eigenvalue weighted by molar-refractivity contribution is 5.92. The summed E-state index contributed by atoms with van der Waals surface area (Å²) in [5, 5.41) is 13.9.